The highest BCUT2D eigenvalue weighted by Gasteiger charge is 2.22. The summed E-state index contributed by atoms with van der Waals surface area (Å²) in [4.78, 5) is 0. The average molecular weight is 219 g/mol. The molecule has 3 atom stereocenters. The molecule has 1 rings (SSSR count). The van der Waals surface area contributed by atoms with Gasteiger partial charge in [0.05, 0.1) is 12.2 Å². The molecule has 1 nitrogen and oxygen atoms in total. The Kier molecular flexibility index (Phi) is 5.25. The zero-order valence-electron chi connectivity index (χ0n) is 9.63. The van der Waals surface area contributed by atoms with Gasteiger partial charge in [0.2, 0.25) is 0 Å². The van der Waals surface area contributed by atoms with Gasteiger partial charge in [-0.1, -0.05) is 13.8 Å². The zero-order chi connectivity index (χ0) is 10.6. The molecule has 0 aliphatic carbocycles. The van der Waals surface area contributed by atoms with Crippen molar-refractivity contribution >= 4 is 11.6 Å². The second-order valence-electron chi connectivity index (χ2n) is 4.95. The summed E-state index contributed by atoms with van der Waals surface area (Å²) >= 11 is 6.24. The van der Waals surface area contributed by atoms with Crippen LogP contribution < -0.4 is 0 Å². The van der Waals surface area contributed by atoms with Gasteiger partial charge in [0, 0.05) is 5.38 Å². The van der Waals surface area contributed by atoms with Crippen LogP contribution in [-0.2, 0) is 4.74 Å². The lowest BCUT2D eigenvalue weighted by molar-refractivity contribution is 0.0495. The van der Waals surface area contributed by atoms with Crippen LogP contribution in [0.15, 0.2) is 0 Å². The van der Waals surface area contributed by atoms with Crippen molar-refractivity contribution in [1.82, 2.24) is 0 Å². The minimum atomic E-state index is 0.342. The molecule has 3 unspecified atom stereocenters. The van der Waals surface area contributed by atoms with E-state index in [1.54, 1.807) is 0 Å². The molecule has 0 bridgehead atoms. The molecule has 0 aromatic rings. The minimum absolute atomic E-state index is 0.342. The molecule has 1 aliphatic heterocycles. The molecule has 1 heterocycles. The number of hydrogen-bond acceptors (Lipinski definition) is 1. The molecule has 0 saturated carbocycles. The fourth-order valence-corrected chi connectivity index (χ4v) is 2.58. The van der Waals surface area contributed by atoms with Crippen LogP contribution in [0.5, 0.6) is 0 Å². The second kappa shape index (κ2) is 5.97. The Hall–Kier alpha value is 0.250. The highest BCUT2D eigenvalue weighted by molar-refractivity contribution is 6.20. The topological polar surface area (TPSA) is 9.23 Å². The van der Waals surface area contributed by atoms with E-state index in [2.05, 4.69) is 20.8 Å². The van der Waals surface area contributed by atoms with Crippen LogP contribution in [-0.4, -0.2) is 17.6 Å². The van der Waals surface area contributed by atoms with Crippen LogP contribution in [0.25, 0.3) is 0 Å². The molecular weight excluding hydrogens is 196 g/mol. The highest BCUT2D eigenvalue weighted by atomic mass is 35.5. The van der Waals surface area contributed by atoms with Gasteiger partial charge in [0.1, 0.15) is 0 Å². The Morgan fingerprint density at radius 2 is 2.07 bits per heavy atom. The van der Waals surface area contributed by atoms with Gasteiger partial charge in [-0.2, -0.15) is 0 Å². The van der Waals surface area contributed by atoms with E-state index in [4.69, 9.17) is 16.3 Å². The Labute approximate surface area is 93.2 Å². The molecule has 0 radical (unpaired) electrons. The zero-order valence-corrected chi connectivity index (χ0v) is 10.4. The Morgan fingerprint density at radius 3 is 2.57 bits per heavy atom. The maximum atomic E-state index is 6.24. The van der Waals surface area contributed by atoms with Crippen molar-refractivity contribution in [2.24, 2.45) is 5.92 Å². The summed E-state index contributed by atoms with van der Waals surface area (Å²) in [6.07, 6.45) is 6.79. The van der Waals surface area contributed by atoms with Crippen LogP contribution in [0.1, 0.15) is 52.9 Å². The lowest BCUT2D eigenvalue weighted by atomic mass is 10.0. The van der Waals surface area contributed by atoms with Crippen molar-refractivity contribution in [3.63, 3.8) is 0 Å². The third-order valence-corrected chi connectivity index (χ3v) is 3.25. The third kappa shape index (κ3) is 4.65. The van der Waals surface area contributed by atoms with Gasteiger partial charge >= 0.3 is 0 Å². The van der Waals surface area contributed by atoms with Crippen LogP contribution in [0.2, 0.25) is 0 Å². The molecule has 1 aliphatic rings. The monoisotopic (exact) mass is 218 g/mol. The molecule has 0 aromatic heterocycles. The van der Waals surface area contributed by atoms with E-state index in [9.17, 15) is 0 Å². The fourth-order valence-electron chi connectivity index (χ4n) is 2.09. The molecule has 0 amide bonds. The SMILES string of the molecule is CC(C)CC(Cl)CCC1CCC(C)O1. The predicted octanol–water partition coefficient (Wildman–Crippen LogP) is 3.99. The van der Waals surface area contributed by atoms with E-state index in [0.29, 0.717) is 23.5 Å². The summed E-state index contributed by atoms with van der Waals surface area (Å²) in [7, 11) is 0. The Morgan fingerprint density at radius 1 is 1.36 bits per heavy atom. The molecule has 84 valence electrons. The van der Waals surface area contributed by atoms with E-state index in [0.717, 1.165) is 19.3 Å². The number of alkyl halides is 1. The van der Waals surface area contributed by atoms with Crippen molar-refractivity contribution in [1.29, 1.82) is 0 Å². The average Bonchev–Trinajstić information content (AvgIpc) is 2.47. The van der Waals surface area contributed by atoms with Gasteiger partial charge in [0.25, 0.3) is 0 Å². The van der Waals surface area contributed by atoms with Crippen molar-refractivity contribution in [3.05, 3.63) is 0 Å². The summed E-state index contributed by atoms with van der Waals surface area (Å²) in [5.41, 5.74) is 0. The van der Waals surface area contributed by atoms with Crippen LogP contribution in [0, 0.1) is 5.92 Å². The summed E-state index contributed by atoms with van der Waals surface area (Å²) in [5, 5.41) is 0.342. The first-order chi connectivity index (χ1) is 6.58. The van der Waals surface area contributed by atoms with Gasteiger partial charge in [0.15, 0.2) is 0 Å². The summed E-state index contributed by atoms with van der Waals surface area (Å²) in [5.74, 6) is 0.709. The quantitative estimate of drug-likeness (QED) is 0.635. The number of rotatable bonds is 5. The lowest BCUT2D eigenvalue weighted by Crippen LogP contribution is -2.12. The largest absolute Gasteiger partial charge is 0.375 e. The van der Waals surface area contributed by atoms with E-state index in [1.807, 2.05) is 0 Å². The highest BCUT2D eigenvalue weighted by Crippen LogP contribution is 2.25. The first-order valence-corrected chi connectivity index (χ1v) is 6.31. The second-order valence-corrected chi connectivity index (χ2v) is 5.57. The fraction of sp³-hybridized carbons (Fsp3) is 1.00. The Bertz CT molecular complexity index is 158. The summed E-state index contributed by atoms with van der Waals surface area (Å²) in [6.45, 7) is 6.61. The van der Waals surface area contributed by atoms with E-state index < -0.39 is 0 Å². The van der Waals surface area contributed by atoms with Gasteiger partial charge in [-0.15, -0.1) is 11.6 Å². The van der Waals surface area contributed by atoms with Gasteiger partial charge in [-0.05, 0) is 44.9 Å². The van der Waals surface area contributed by atoms with Crippen molar-refractivity contribution in [2.45, 2.75) is 70.5 Å². The van der Waals surface area contributed by atoms with Crippen molar-refractivity contribution in [2.75, 3.05) is 0 Å². The molecule has 0 spiro atoms. The molecule has 1 fully saturated rings. The molecule has 0 aromatic carbocycles. The molecule has 1 saturated heterocycles. The van der Waals surface area contributed by atoms with Gasteiger partial charge in [-0.3, -0.25) is 0 Å². The van der Waals surface area contributed by atoms with Crippen molar-refractivity contribution < 1.29 is 4.74 Å². The van der Waals surface area contributed by atoms with E-state index in [1.165, 1.54) is 12.8 Å². The molecule has 0 N–H and O–H groups in total. The third-order valence-electron chi connectivity index (χ3n) is 2.85. The smallest absolute Gasteiger partial charge is 0.0580 e. The van der Waals surface area contributed by atoms with Gasteiger partial charge in [-0.25, -0.2) is 0 Å². The molecular formula is C12H23ClO. The first-order valence-electron chi connectivity index (χ1n) is 5.87. The number of hydrogen-bond donors (Lipinski definition) is 0. The predicted molar refractivity (Wildman–Crippen MR) is 61.9 cm³/mol. The maximum Gasteiger partial charge on any atom is 0.0580 e. The van der Waals surface area contributed by atoms with E-state index in [-0.39, 0.29) is 0 Å². The van der Waals surface area contributed by atoms with Gasteiger partial charge < -0.3 is 4.74 Å². The maximum absolute atomic E-state index is 6.24. The molecule has 14 heavy (non-hydrogen) atoms. The van der Waals surface area contributed by atoms with E-state index >= 15 is 0 Å². The number of halogens is 1. The Balaban J connectivity index is 2.08. The summed E-state index contributed by atoms with van der Waals surface area (Å²) < 4.78 is 5.76. The normalized spacial score (nSPS) is 29.8. The van der Waals surface area contributed by atoms with Crippen LogP contribution >= 0.6 is 11.6 Å². The molecule has 2 heteroatoms. The minimum Gasteiger partial charge on any atom is -0.375 e. The van der Waals surface area contributed by atoms with Crippen LogP contribution in [0.4, 0.5) is 0 Å². The van der Waals surface area contributed by atoms with Crippen molar-refractivity contribution in [3.8, 4) is 0 Å². The lowest BCUT2D eigenvalue weighted by Gasteiger charge is -2.15. The van der Waals surface area contributed by atoms with Crippen LogP contribution in [0.3, 0.4) is 0 Å². The standard InChI is InChI=1S/C12H23ClO/c1-9(2)8-11(13)5-7-12-6-4-10(3)14-12/h9-12H,4-8H2,1-3H3. The summed E-state index contributed by atoms with van der Waals surface area (Å²) in [6, 6.07) is 0. The number of ether oxygens (including phenoxy) is 1. The first kappa shape index (κ1) is 12.3.